The number of aliphatic hydroxyl groups excluding tert-OH is 1. The molecule has 0 amide bonds. The fourth-order valence-corrected chi connectivity index (χ4v) is 4.00. The maximum Gasteiger partial charge on any atom is 0.231 e. The lowest BCUT2D eigenvalue weighted by Gasteiger charge is -2.38. The number of benzene rings is 2. The van der Waals surface area contributed by atoms with E-state index in [0.29, 0.717) is 12.8 Å². The summed E-state index contributed by atoms with van der Waals surface area (Å²) >= 11 is 0. The van der Waals surface area contributed by atoms with Gasteiger partial charge in [0.2, 0.25) is 6.79 Å². The first-order chi connectivity index (χ1) is 13.2. The summed E-state index contributed by atoms with van der Waals surface area (Å²) in [5, 5.41) is 10.4. The second-order valence-corrected chi connectivity index (χ2v) is 7.45. The fraction of sp³-hybridized carbons (Fsp3) is 0.455. The van der Waals surface area contributed by atoms with E-state index in [4.69, 9.17) is 9.47 Å². The number of ether oxygens (including phenoxy) is 2. The summed E-state index contributed by atoms with van der Waals surface area (Å²) in [7, 11) is 2.18. The number of hydrogen-bond donors (Lipinski definition) is 1. The van der Waals surface area contributed by atoms with Gasteiger partial charge in [0.25, 0.3) is 0 Å². The molecular weight excluding hydrogens is 340 g/mol. The van der Waals surface area contributed by atoms with Gasteiger partial charge in [0.05, 0.1) is 6.10 Å². The molecule has 0 aromatic heterocycles. The molecule has 0 bridgehead atoms. The molecule has 1 fully saturated rings. The molecule has 1 unspecified atom stereocenters. The van der Waals surface area contributed by atoms with E-state index in [1.165, 1.54) is 5.69 Å². The van der Waals surface area contributed by atoms with E-state index in [2.05, 4.69) is 29.0 Å². The van der Waals surface area contributed by atoms with Gasteiger partial charge >= 0.3 is 0 Å². The van der Waals surface area contributed by atoms with Crippen LogP contribution in [-0.4, -0.2) is 49.5 Å². The highest BCUT2D eigenvalue weighted by Gasteiger charge is 2.24. The molecule has 144 valence electrons. The van der Waals surface area contributed by atoms with Crippen LogP contribution in [0.4, 0.5) is 5.69 Å². The molecule has 0 radical (unpaired) electrons. The molecule has 2 aromatic carbocycles. The van der Waals surface area contributed by atoms with E-state index < -0.39 is 0 Å². The Morgan fingerprint density at radius 2 is 1.81 bits per heavy atom. The van der Waals surface area contributed by atoms with Crippen molar-refractivity contribution in [1.82, 2.24) is 4.90 Å². The smallest absolute Gasteiger partial charge is 0.231 e. The van der Waals surface area contributed by atoms with Gasteiger partial charge in [-0.25, -0.2) is 0 Å². The van der Waals surface area contributed by atoms with Gasteiger partial charge in [0.15, 0.2) is 11.5 Å². The molecule has 2 aliphatic rings. The Morgan fingerprint density at radius 3 is 2.59 bits per heavy atom. The Bertz CT molecular complexity index is 744. The zero-order valence-electron chi connectivity index (χ0n) is 15.9. The molecule has 0 spiro atoms. The lowest BCUT2D eigenvalue weighted by Crippen LogP contribution is -2.43. The average Bonchev–Trinajstić information content (AvgIpc) is 3.20. The summed E-state index contributed by atoms with van der Waals surface area (Å²) in [6.45, 7) is 3.30. The number of rotatable bonds is 6. The number of hydrogen-bond acceptors (Lipinski definition) is 5. The van der Waals surface area contributed by atoms with Crippen LogP contribution < -0.4 is 14.4 Å². The Morgan fingerprint density at radius 1 is 1.07 bits per heavy atom. The van der Waals surface area contributed by atoms with E-state index in [0.717, 1.165) is 56.0 Å². The highest BCUT2D eigenvalue weighted by atomic mass is 16.7. The summed E-state index contributed by atoms with van der Waals surface area (Å²) in [4.78, 5) is 4.83. The van der Waals surface area contributed by atoms with E-state index in [9.17, 15) is 5.11 Å². The van der Waals surface area contributed by atoms with Gasteiger partial charge in [0.1, 0.15) is 0 Å². The lowest BCUT2D eigenvalue weighted by molar-refractivity contribution is 0.129. The van der Waals surface area contributed by atoms with Crippen LogP contribution in [-0.2, 0) is 0 Å². The molecule has 1 saturated heterocycles. The van der Waals surface area contributed by atoms with E-state index >= 15 is 0 Å². The molecule has 0 saturated carbocycles. The predicted octanol–water partition coefficient (Wildman–Crippen LogP) is 3.44. The molecular formula is C22H28N2O3. The highest BCUT2D eigenvalue weighted by molar-refractivity contribution is 5.57. The molecule has 27 heavy (non-hydrogen) atoms. The Labute approximate surface area is 161 Å². The molecule has 2 aromatic rings. The summed E-state index contributed by atoms with van der Waals surface area (Å²) in [5.74, 6) is 1.69. The van der Waals surface area contributed by atoms with Gasteiger partial charge in [-0.3, -0.25) is 0 Å². The molecule has 1 atom stereocenters. The lowest BCUT2D eigenvalue weighted by atomic mass is 10.0. The number of piperidine rings is 1. The van der Waals surface area contributed by atoms with Crippen LogP contribution in [0.5, 0.6) is 11.5 Å². The quantitative estimate of drug-likeness (QED) is 0.846. The monoisotopic (exact) mass is 368 g/mol. The van der Waals surface area contributed by atoms with E-state index in [-0.39, 0.29) is 6.10 Å². The number of anilines is 1. The molecule has 0 aliphatic carbocycles. The Kier molecular flexibility index (Phi) is 5.50. The van der Waals surface area contributed by atoms with Gasteiger partial charge in [-0.05, 0) is 44.0 Å². The van der Waals surface area contributed by atoms with E-state index in [1.54, 1.807) is 0 Å². The van der Waals surface area contributed by atoms with Gasteiger partial charge in [-0.1, -0.05) is 30.3 Å². The zero-order valence-corrected chi connectivity index (χ0v) is 15.9. The van der Waals surface area contributed by atoms with Crippen LogP contribution in [0.25, 0.3) is 0 Å². The minimum absolute atomic E-state index is 0.320. The molecule has 5 nitrogen and oxygen atoms in total. The predicted molar refractivity (Wildman–Crippen MR) is 106 cm³/mol. The van der Waals surface area contributed by atoms with Crippen LogP contribution in [0, 0.1) is 0 Å². The SMILES string of the molecule is CN(CCC(O)c1ccccc1)C1CCN(c2ccc3c(c2)OCO3)CC1. The van der Waals surface area contributed by atoms with E-state index in [1.807, 2.05) is 36.4 Å². The molecule has 5 heteroatoms. The van der Waals surface area contributed by atoms with Crippen molar-refractivity contribution in [1.29, 1.82) is 0 Å². The third-order valence-corrected chi connectivity index (χ3v) is 5.75. The second kappa shape index (κ2) is 8.19. The van der Waals surface area contributed by atoms with Crippen LogP contribution >= 0.6 is 0 Å². The number of fused-ring (bicyclic) bond motifs is 1. The van der Waals surface area contributed by atoms with Gasteiger partial charge in [-0.2, -0.15) is 0 Å². The fourth-order valence-electron chi connectivity index (χ4n) is 4.00. The third-order valence-electron chi connectivity index (χ3n) is 5.75. The average molecular weight is 368 g/mol. The van der Waals surface area contributed by atoms with Gasteiger partial charge in [-0.15, -0.1) is 0 Å². The van der Waals surface area contributed by atoms with Gasteiger partial charge in [0, 0.05) is 37.4 Å². The van der Waals surface area contributed by atoms with Crippen LogP contribution in [0.1, 0.15) is 30.9 Å². The summed E-state index contributed by atoms with van der Waals surface area (Å²) in [6.07, 6.45) is 2.64. The second-order valence-electron chi connectivity index (χ2n) is 7.45. The minimum Gasteiger partial charge on any atom is -0.454 e. The first-order valence-corrected chi connectivity index (χ1v) is 9.78. The minimum atomic E-state index is -0.387. The normalized spacial score (nSPS) is 18.1. The van der Waals surface area contributed by atoms with Crippen molar-refractivity contribution >= 4 is 5.69 Å². The first kappa shape index (κ1) is 18.1. The van der Waals surface area contributed by atoms with Crippen molar-refractivity contribution in [3.05, 3.63) is 54.1 Å². The van der Waals surface area contributed by atoms with Gasteiger partial charge < -0.3 is 24.4 Å². The van der Waals surface area contributed by atoms with Crippen molar-refractivity contribution in [3.8, 4) is 11.5 Å². The number of nitrogens with zero attached hydrogens (tertiary/aromatic N) is 2. The van der Waals surface area contributed by atoms with Crippen molar-refractivity contribution in [2.45, 2.75) is 31.4 Å². The van der Waals surface area contributed by atoms with Crippen LogP contribution in [0.3, 0.4) is 0 Å². The third kappa shape index (κ3) is 4.20. The van der Waals surface area contributed by atoms with Crippen molar-refractivity contribution in [2.75, 3.05) is 38.4 Å². The molecule has 2 heterocycles. The standard InChI is InChI=1S/C22H28N2O3/c1-23(12-11-20(25)17-5-3-2-4-6-17)18-9-13-24(14-10-18)19-7-8-21-22(15-19)27-16-26-21/h2-8,15,18,20,25H,9-14,16H2,1H3. The van der Waals surface area contributed by atoms with Crippen molar-refractivity contribution in [2.24, 2.45) is 0 Å². The maximum absolute atomic E-state index is 10.4. The zero-order chi connectivity index (χ0) is 18.6. The van der Waals surface area contributed by atoms with Crippen LogP contribution in [0.15, 0.2) is 48.5 Å². The summed E-state index contributed by atoms with van der Waals surface area (Å²) in [6, 6.07) is 16.7. The van der Waals surface area contributed by atoms with Crippen molar-refractivity contribution in [3.63, 3.8) is 0 Å². The largest absolute Gasteiger partial charge is 0.454 e. The summed E-state index contributed by atoms with van der Waals surface area (Å²) in [5.41, 5.74) is 2.21. The summed E-state index contributed by atoms with van der Waals surface area (Å²) < 4.78 is 10.9. The molecule has 2 aliphatic heterocycles. The highest BCUT2D eigenvalue weighted by Crippen LogP contribution is 2.36. The number of aliphatic hydroxyl groups is 1. The van der Waals surface area contributed by atoms with Crippen LogP contribution in [0.2, 0.25) is 0 Å². The topological polar surface area (TPSA) is 45.2 Å². The molecule has 4 rings (SSSR count). The Hall–Kier alpha value is -2.24. The Balaban J connectivity index is 1.26. The van der Waals surface area contributed by atoms with Crippen molar-refractivity contribution < 1.29 is 14.6 Å². The maximum atomic E-state index is 10.4. The molecule has 1 N–H and O–H groups in total. The first-order valence-electron chi connectivity index (χ1n) is 9.78.